The number of nitrogens with one attached hydrogen (secondary N) is 1. The molecule has 0 saturated heterocycles. The van der Waals surface area contributed by atoms with Gasteiger partial charge in [-0.05, 0) is 82.6 Å². The van der Waals surface area contributed by atoms with E-state index in [0.29, 0.717) is 6.04 Å². The van der Waals surface area contributed by atoms with Crippen LogP contribution in [0.15, 0.2) is 41.1 Å². The maximum atomic E-state index is 3.40. The van der Waals surface area contributed by atoms with Crippen molar-refractivity contribution < 1.29 is 0 Å². The van der Waals surface area contributed by atoms with Gasteiger partial charge in [-0.25, -0.2) is 0 Å². The van der Waals surface area contributed by atoms with Crippen molar-refractivity contribution in [3.05, 3.63) is 55.8 Å². The molecule has 0 amide bonds. The van der Waals surface area contributed by atoms with E-state index in [-0.39, 0.29) is 0 Å². The van der Waals surface area contributed by atoms with E-state index in [0.717, 1.165) is 12.8 Å². The van der Waals surface area contributed by atoms with Crippen molar-refractivity contribution in [2.24, 2.45) is 0 Å². The van der Waals surface area contributed by atoms with E-state index in [2.05, 4.69) is 69.0 Å². The Hall–Kier alpha value is -0.390. The number of halogens is 1. The summed E-state index contributed by atoms with van der Waals surface area (Å²) in [5, 5.41) is 7.79. The molecule has 1 nitrogen and oxygen atoms in total. The molecule has 0 aliphatic heterocycles. The zero-order valence-corrected chi connectivity index (χ0v) is 12.8. The highest BCUT2D eigenvalue weighted by molar-refractivity contribution is 14.1. The predicted molar refractivity (Wildman–Crippen MR) is 83.6 cm³/mol. The summed E-state index contributed by atoms with van der Waals surface area (Å²) in [7, 11) is 2.04. The Morgan fingerprint density at radius 2 is 2.00 bits per heavy atom. The normalized spacial score (nSPS) is 12.6. The number of hydrogen-bond acceptors (Lipinski definition) is 2. The molecule has 2 aromatic rings. The molecule has 0 fully saturated rings. The van der Waals surface area contributed by atoms with Gasteiger partial charge >= 0.3 is 0 Å². The Morgan fingerprint density at radius 1 is 1.24 bits per heavy atom. The van der Waals surface area contributed by atoms with Crippen molar-refractivity contribution in [3.63, 3.8) is 0 Å². The molecule has 1 heterocycles. The van der Waals surface area contributed by atoms with Gasteiger partial charge in [0.1, 0.15) is 0 Å². The maximum Gasteiger partial charge on any atom is 0.0320 e. The zero-order valence-electron chi connectivity index (χ0n) is 9.82. The highest BCUT2D eigenvalue weighted by Gasteiger charge is 2.09. The molecule has 1 atom stereocenters. The van der Waals surface area contributed by atoms with Crippen molar-refractivity contribution in [2.45, 2.75) is 18.9 Å². The Bertz CT molecular complexity index is 436. The lowest BCUT2D eigenvalue weighted by molar-refractivity contribution is 0.549. The number of thiophene rings is 1. The summed E-state index contributed by atoms with van der Waals surface area (Å²) in [4.78, 5) is 0. The van der Waals surface area contributed by atoms with Gasteiger partial charge in [-0.3, -0.25) is 0 Å². The maximum absolute atomic E-state index is 3.40. The SMILES string of the molecule is CNC(CCc1ccsc1)c1ccc(I)cc1. The second-order valence-corrected chi connectivity index (χ2v) is 6.09. The molecule has 0 aliphatic carbocycles. The predicted octanol–water partition coefficient (Wildman–Crippen LogP) is 4.25. The molecule has 1 unspecified atom stereocenters. The highest BCUT2D eigenvalue weighted by Crippen LogP contribution is 2.20. The number of hydrogen-bond donors (Lipinski definition) is 1. The van der Waals surface area contributed by atoms with Gasteiger partial charge in [-0.2, -0.15) is 11.3 Å². The Labute approximate surface area is 120 Å². The first-order chi connectivity index (χ1) is 8.29. The van der Waals surface area contributed by atoms with Crippen LogP contribution in [-0.2, 0) is 6.42 Å². The largest absolute Gasteiger partial charge is 0.313 e. The topological polar surface area (TPSA) is 12.0 Å². The van der Waals surface area contributed by atoms with Crippen molar-refractivity contribution in [1.82, 2.24) is 5.32 Å². The van der Waals surface area contributed by atoms with Crippen LogP contribution in [0.1, 0.15) is 23.6 Å². The molecule has 1 aromatic heterocycles. The molecule has 0 radical (unpaired) electrons. The molecular weight excluding hydrogens is 341 g/mol. The second-order valence-electron chi connectivity index (χ2n) is 4.06. The Balaban J connectivity index is 1.99. The third-order valence-corrected chi connectivity index (χ3v) is 4.37. The van der Waals surface area contributed by atoms with Gasteiger partial charge in [0.15, 0.2) is 0 Å². The minimum Gasteiger partial charge on any atom is -0.313 e. The molecule has 3 heteroatoms. The third kappa shape index (κ3) is 3.79. The molecule has 0 aliphatic rings. The third-order valence-electron chi connectivity index (χ3n) is 2.92. The number of rotatable bonds is 5. The van der Waals surface area contributed by atoms with Crippen LogP contribution in [0.2, 0.25) is 0 Å². The Kier molecular flexibility index (Phi) is 5.00. The first kappa shape index (κ1) is 13.1. The smallest absolute Gasteiger partial charge is 0.0320 e. The fraction of sp³-hybridized carbons (Fsp3) is 0.286. The summed E-state index contributed by atoms with van der Waals surface area (Å²) in [6, 6.07) is 11.4. The van der Waals surface area contributed by atoms with Gasteiger partial charge in [0, 0.05) is 9.61 Å². The van der Waals surface area contributed by atoms with E-state index in [4.69, 9.17) is 0 Å². The number of benzene rings is 1. The van der Waals surface area contributed by atoms with E-state index >= 15 is 0 Å². The minimum atomic E-state index is 0.451. The molecule has 0 bridgehead atoms. The highest BCUT2D eigenvalue weighted by atomic mass is 127. The van der Waals surface area contributed by atoms with Gasteiger partial charge in [-0.15, -0.1) is 0 Å². The van der Waals surface area contributed by atoms with Crippen LogP contribution in [-0.4, -0.2) is 7.05 Å². The van der Waals surface area contributed by atoms with Crippen molar-refractivity contribution in [2.75, 3.05) is 7.05 Å². The first-order valence-corrected chi connectivity index (χ1v) is 7.75. The van der Waals surface area contributed by atoms with Gasteiger partial charge in [0.25, 0.3) is 0 Å². The summed E-state index contributed by atoms with van der Waals surface area (Å²) < 4.78 is 1.29. The van der Waals surface area contributed by atoms with Gasteiger partial charge < -0.3 is 5.32 Å². The molecule has 1 N–H and O–H groups in total. The monoisotopic (exact) mass is 357 g/mol. The van der Waals surface area contributed by atoms with E-state index in [1.807, 2.05) is 7.05 Å². The van der Waals surface area contributed by atoms with Crippen LogP contribution in [0, 0.1) is 3.57 Å². The summed E-state index contributed by atoms with van der Waals surface area (Å²) in [6.45, 7) is 0. The number of aryl methyl sites for hydroxylation is 1. The molecule has 1 aromatic carbocycles. The summed E-state index contributed by atoms with van der Waals surface area (Å²) >= 11 is 4.12. The molecular formula is C14H16INS. The Morgan fingerprint density at radius 3 is 2.59 bits per heavy atom. The van der Waals surface area contributed by atoms with Crippen molar-refractivity contribution in [1.29, 1.82) is 0 Å². The van der Waals surface area contributed by atoms with E-state index in [1.165, 1.54) is 14.7 Å². The summed E-state index contributed by atoms with van der Waals surface area (Å²) in [5.74, 6) is 0. The molecule has 0 spiro atoms. The summed E-state index contributed by atoms with van der Waals surface area (Å²) in [6.07, 6.45) is 2.29. The lowest BCUT2D eigenvalue weighted by Crippen LogP contribution is -2.17. The van der Waals surface area contributed by atoms with Crippen molar-refractivity contribution in [3.8, 4) is 0 Å². The fourth-order valence-corrected chi connectivity index (χ4v) is 2.98. The average Bonchev–Trinajstić information content (AvgIpc) is 2.85. The van der Waals surface area contributed by atoms with Gasteiger partial charge in [0.05, 0.1) is 0 Å². The zero-order chi connectivity index (χ0) is 12.1. The van der Waals surface area contributed by atoms with Crippen LogP contribution in [0.3, 0.4) is 0 Å². The molecule has 90 valence electrons. The quantitative estimate of drug-likeness (QED) is 0.789. The van der Waals surface area contributed by atoms with Crippen LogP contribution in [0.4, 0.5) is 0 Å². The fourth-order valence-electron chi connectivity index (χ4n) is 1.92. The molecule has 17 heavy (non-hydrogen) atoms. The van der Waals surface area contributed by atoms with E-state index in [1.54, 1.807) is 11.3 Å². The second kappa shape index (κ2) is 6.52. The van der Waals surface area contributed by atoms with E-state index in [9.17, 15) is 0 Å². The lowest BCUT2D eigenvalue weighted by Gasteiger charge is -2.16. The van der Waals surface area contributed by atoms with Crippen LogP contribution in [0.5, 0.6) is 0 Å². The van der Waals surface area contributed by atoms with Crippen LogP contribution in [0.25, 0.3) is 0 Å². The molecule has 2 rings (SSSR count). The average molecular weight is 357 g/mol. The van der Waals surface area contributed by atoms with E-state index < -0.39 is 0 Å². The standard InChI is InChI=1S/C14H16INS/c1-16-14(7-2-11-8-9-17-10-11)12-3-5-13(15)6-4-12/h3-6,8-10,14,16H,2,7H2,1H3. The molecule has 0 saturated carbocycles. The van der Waals surface area contributed by atoms with Gasteiger partial charge in [-0.1, -0.05) is 12.1 Å². The minimum absolute atomic E-state index is 0.451. The lowest BCUT2D eigenvalue weighted by atomic mass is 10.0. The summed E-state index contributed by atoms with van der Waals surface area (Å²) in [5.41, 5.74) is 2.82. The van der Waals surface area contributed by atoms with Crippen LogP contribution < -0.4 is 5.32 Å². The first-order valence-electron chi connectivity index (χ1n) is 5.73. The van der Waals surface area contributed by atoms with Crippen LogP contribution >= 0.6 is 33.9 Å². The van der Waals surface area contributed by atoms with Gasteiger partial charge in [0.2, 0.25) is 0 Å². The van der Waals surface area contributed by atoms with Crippen molar-refractivity contribution >= 4 is 33.9 Å².